The van der Waals surface area contributed by atoms with Crippen molar-refractivity contribution in [2.75, 3.05) is 13.1 Å². The zero-order valence-electron chi connectivity index (χ0n) is 16.0. The van der Waals surface area contributed by atoms with E-state index in [9.17, 15) is 18.6 Å². The predicted octanol–water partition coefficient (Wildman–Crippen LogP) is 4.17. The molecule has 0 aliphatic rings. The van der Waals surface area contributed by atoms with Crippen molar-refractivity contribution in [1.29, 1.82) is 0 Å². The van der Waals surface area contributed by atoms with Gasteiger partial charge in [-0.2, -0.15) is 0 Å². The van der Waals surface area contributed by atoms with Crippen molar-refractivity contribution < 1.29 is 18.6 Å². The van der Waals surface area contributed by atoms with Gasteiger partial charge in [0.2, 0.25) is 9.84 Å². The molecule has 0 aliphatic heterocycles. The van der Waals surface area contributed by atoms with E-state index in [4.69, 9.17) is 11.6 Å². The van der Waals surface area contributed by atoms with Crippen molar-refractivity contribution in [1.82, 2.24) is 5.32 Å². The fourth-order valence-electron chi connectivity index (χ4n) is 2.95. The second-order valence-corrected chi connectivity index (χ2v) is 8.99. The molecule has 0 bridgehead atoms. The van der Waals surface area contributed by atoms with Gasteiger partial charge in [-0.15, -0.1) is 12.4 Å². The lowest BCUT2D eigenvalue weighted by Crippen LogP contribution is -2.23. The third-order valence-corrected chi connectivity index (χ3v) is 6.60. The first-order valence-corrected chi connectivity index (χ1v) is 11.0. The van der Waals surface area contributed by atoms with E-state index in [1.807, 2.05) is 6.07 Å². The van der Waals surface area contributed by atoms with Crippen molar-refractivity contribution in [2.24, 2.45) is 0 Å². The van der Waals surface area contributed by atoms with E-state index in [1.165, 1.54) is 24.3 Å². The van der Waals surface area contributed by atoms with Gasteiger partial charge in [0.15, 0.2) is 0 Å². The van der Waals surface area contributed by atoms with Gasteiger partial charge in [-0.1, -0.05) is 48.0 Å². The van der Waals surface area contributed by atoms with Crippen molar-refractivity contribution in [2.45, 2.75) is 22.3 Å². The van der Waals surface area contributed by atoms with Gasteiger partial charge in [0.25, 0.3) is 0 Å². The molecule has 1 unspecified atom stereocenters. The van der Waals surface area contributed by atoms with E-state index in [-0.39, 0.29) is 27.9 Å². The number of para-hydroxylation sites is 1. The molecule has 0 heterocycles. The molecule has 0 aromatic heterocycles. The number of halogens is 2. The zero-order chi connectivity index (χ0) is 20.9. The summed E-state index contributed by atoms with van der Waals surface area (Å²) < 4.78 is 25.3. The van der Waals surface area contributed by atoms with E-state index < -0.39 is 15.9 Å². The Balaban J connectivity index is 0.00000320. The molecule has 30 heavy (non-hydrogen) atoms. The molecule has 1 atom stereocenters. The Labute approximate surface area is 187 Å². The smallest absolute Gasteiger partial charge is 0.210 e. The third kappa shape index (κ3) is 5.97. The first kappa shape index (κ1) is 24.2. The van der Waals surface area contributed by atoms with Gasteiger partial charge in [-0.3, -0.25) is 0 Å². The highest BCUT2D eigenvalue weighted by Crippen LogP contribution is 2.28. The van der Waals surface area contributed by atoms with Crippen LogP contribution in [0.3, 0.4) is 0 Å². The molecule has 8 heteroatoms. The molecule has 0 spiro atoms. The molecule has 0 amide bonds. The van der Waals surface area contributed by atoms with Gasteiger partial charge in [-0.05, 0) is 60.5 Å². The van der Waals surface area contributed by atoms with E-state index in [0.717, 1.165) is 11.1 Å². The van der Waals surface area contributed by atoms with Crippen molar-refractivity contribution in [3.8, 4) is 5.75 Å². The van der Waals surface area contributed by atoms with Crippen LogP contribution in [0.2, 0.25) is 5.02 Å². The number of rotatable bonds is 8. The number of hydrogen-bond donors (Lipinski definition) is 3. The van der Waals surface area contributed by atoms with Crippen LogP contribution in [0, 0.1) is 0 Å². The van der Waals surface area contributed by atoms with Crippen LogP contribution in [-0.4, -0.2) is 31.7 Å². The summed E-state index contributed by atoms with van der Waals surface area (Å²) in [6.07, 6.45) is 0.0268. The molecular weight excluding hydrogens is 445 g/mol. The van der Waals surface area contributed by atoms with Gasteiger partial charge < -0.3 is 15.5 Å². The largest absolute Gasteiger partial charge is 0.507 e. The topological polar surface area (TPSA) is 86.6 Å². The number of aliphatic hydroxyl groups excluding tert-OH is 1. The van der Waals surface area contributed by atoms with Crippen molar-refractivity contribution >= 4 is 33.8 Å². The van der Waals surface area contributed by atoms with Gasteiger partial charge >= 0.3 is 0 Å². The summed E-state index contributed by atoms with van der Waals surface area (Å²) >= 11 is 5.93. The van der Waals surface area contributed by atoms with Crippen LogP contribution in [0.15, 0.2) is 82.6 Å². The van der Waals surface area contributed by atoms with Crippen LogP contribution >= 0.6 is 24.0 Å². The molecule has 0 fully saturated rings. The molecular formula is C22H23Cl2NO4S. The Morgan fingerprint density at radius 2 is 1.67 bits per heavy atom. The Morgan fingerprint density at radius 1 is 0.967 bits per heavy atom. The molecule has 0 saturated carbocycles. The molecule has 3 aromatic rings. The van der Waals surface area contributed by atoms with Gasteiger partial charge in [-0.25, -0.2) is 8.42 Å². The van der Waals surface area contributed by atoms with Gasteiger partial charge in [0, 0.05) is 11.6 Å². The molecule has 3 aromatic carbocycles. The monoisotopic (exact) mass is 467 g/mol. The van der Waals surface area contributed by atoms with E-state index in [1.54, 1.807) is 42.5 Å². The van der Waals surface area contributed by atoms with E-state index in [0.29, 0.717) is 24.5 Å². The Morgan fingerprint density at radius 3 is 2.33 bits per heavy atom. The second-order valence-electron chi connectivity index (χ2n) is 6.64. The number of nitrogens with one attached hydrogen (secondary N) is 1. The van der Waals surface area contributed by atoms with Crippen molar-refractivity contribution in [3.63, 3.8) is 0 Å². The highest BCUT2D eigenvalue weighted by molar-refractivity contribution is 7.91. The lowest BCUT2D eigenvalue weighted by Gasteiger charge is -2.13. The van der Waals surface area contributed by atoms with Gasteiger partial charge in [0.05, 0.1) is 11.0 Å². The minimum Gasteiger partial charge on any atom is -0.507 e. The van der Waals surface area contributed by atoms with Crippen molar-refractivity contribution in [3.05, 3.63) is 88.9 Å². The number of phenolic OH excluding ortho intramolecular Hbond substituents is 1. The number of aliphatic hydroxyl groups is 1. The van der Waals surface area contributed by atoms with Crippen LogP contribution in [0.4, 0.5) is 0 Å². The molecule has 0 aliphatic carbocycles. The summed E-state index contributed by atoms with van der Waals surface area (Å²) in [5.41, 5.74) is 1.72. The maximum absolute atomic E-state index is 12.7. The molecule has 5 nitrogen and oxygen atoms in total. The molecule has 3 rings (SSSR count). The van der Waals surface area contributed by atoms with E-state index >= 15 is 0 Å². The van der Waals surface area contributed by atoms with Crippen LogP contribution in [-0.2, 0) is 16.3 Å². The van der Waals surface area contributed by atoms with Crippen LogP contribution < -0.4 is 5.32 Å². The van der Waals surface area contributed by atoms with E-state index in [2.05, 4.69) is 5.32 Å². The number of benzene rings is 3. The third-order valence-electron chi connectivity index (χ3n) is 4.55. The zero-order valence-corrected chi connectivity index (χ0v) is 18.4. The number of aromatic hydroxyl groups is 1. The van der Waals surface area contributed by atoms with Crippen LogP contribution in [0.5, 0.6) is 5.75 Å². The molecule has 0 saturated heterocycles. The average Bonchev–Trinajstić information content (AvgIpc) is 2.71. The SMILES string of the molecule is Cl.O=S(=O)(c1ccc(CCNCC(O)c2cccc(Cl)c2)cc1)c1ccccc1O. The number of phenols is 1. The standard InChI is InChI=1S/C22H22ClNO4S.ClH/c23-18-5-3-4-17(14-18)21(26)15-24-13-12-16-8-10-19(11-9-16)29(27,28)22-7-2-1-6-20(22)25;/h1-11,14,21,24-26H,12-13,15H2;1H. The summed E-state index contributed by atoms with van der Waals surface area (Å²) in [7, 11) is -3.77. The summed E-state index contributed by atoms with van der Waals surface area (Å²) in [6, 6.07) is 19.6. The lowest BCUT2D eigenvalue weighted by molar-refractivity contribution is 0.175. The molecule has 160 valence electrons. The minimum absolute atomic E-state index is 0. The highest BCUT2D eigenvalue weighted by Gasteiger charge is 2.20. The highest BCUT2D eigenvalue weighted by atomic mass is 35.5. The number of sulfone groups is 1. The van der Waals surface area contributed by atoms with Crippen LogP contribution in [0.1, 0.15) is 17.2 Å². The summed E-state index contributed by atoms with van der Waals surface area (Å²) in [5.74, 6) is -0.265. The summed E-state index contributed by atoms with van der Waals surface area (Å²) in [4.78, 5) is 0.0245. The fourth-order valence-corrected chi connectivity index (χ4v) is 4.50. The maximum Gasteiger partial charge on any atom is 0.210 e. The average molecular weight is 468 g/mol. The quantitative estimate of drug-likeness (QED) is 0.432. The first-order valence-electron chi connectivity index (χ1n) is 9.14. The molecule has 3 N–H and O–H groups in total. The summed E-state index contributed by atoms with van der Waals surface area (Å²) in [6.45, 7) is 1.02. The first-order chi connectivity index (χ1) is 13.9. The molecule has 0 radical (unpaired) electrons. The summed E-state index contributed by atoms with van der Waals surface area (Å²) in [5, 5.41) is 23.8. The lowest BCUT2D eigenvalue weighted by atomic mass is 10.1. The predicted molar refractivity (Wildman–Crippen MR) is 120 cm³/mol. The maximum atomic E-state index is 12.7. The fraction of sp³-hybridized carbons (Fsp3) is 0.182. The number of hydrogen-bond acceptors (Lipinski definition) is 5. The Hall–Kier alpha value is -2.09. The Bertz CT molecular complexity index is 1070. The Kier molecular flexibility index (Phi) is 8.70. The minimum atomic E-state index is -3.77. The van der Waals surface area contributed by atoms with Crippen LogP contribution in [0.25, 0.3) is 0 Å². The normalized spacial score (nSPS) is 12.2. The van der Waals surface area contributed by atoms with Gasteiger partial charge in [0.1, 0.15) is 10.6 Å². The second kappa shape index (κ2) is 10.8.